The van der Waals surface area contributed by atoms with Crippen molar-refractivity contribution in [3.8, 4) is 0 Å². The predicted octanol–water partition coefficient (Wildman–Crippen LogP) is 22.4. The molecule has 77 heavy (non-hydrogen) atoms. The van der Waals surface area contributed by atoms with Crippen molar-refractivity contribution in [1.29, 1.82) is 0 Å². The SMILES string of the molecule is CCC/C=C\C/C=C\CCCCCCCC(=O)OCC(COC(=O)CCCCCCCCCCCCCC/C=C\C/C=C\C/C=C\CCCCCCC)OC(=O)CCCCCCCC/C=C\C/C=C\C/C=C\CCCCC. The van der Waals surface area contributed by atoms with Gasteiger partial charge in [0, 0.05) is 19.3 Å². The Balaban J connectivity index is 4.32. The molecule has 6 heteroatoms. The van der Waals surface area contributed by atoms with Crippen LogP contribution in [0.3, 0.4) is 0 Å². The largest absolute Gasteiger partial charge is 0.462 e. The maximum absolute atomic E-state index is 12.9. The third-order valence-corrected chi connectivity index (χ3v) is 14.0. The Kier molecular flexibility index (Phi) is 61.8. The number of carbonyl (C=O) groups excluding carboxylic acids is 3. The zero-order valence-corrected chi connectivity index (χ0v) is 50.7. The summed E-state index contributed by atoms with van der Waals surface area (Å²) in [5.41, 5.74) is 0. The van der Waals surface area contributed by atoms with E-state index in [1.165, 1.54) is 148 Å². The summed E-state index contributed by atoms with van der Waals surface area (Å²) >= 11 is 0. The number of esters is 3. The zero-order chi connectivity index (χ0) is 55.7. The molecule has 1 unspecified atom stereocenters. The molecule has 6 nitrogen and oxygen atoms in total. The van der Waals surface area contributed by atoms with Gasteiger partial charge in [-0.15, -0.1) is 0 Å². The fraction of sp³-hybridized carbons (Fsp3) is 0.732. The van der Waals surface area contributed by atoms with Gasteiger partial charge in [-0.05, 0) is 122 Å². The van der Waals surface area contributed by atoms with Crippen molar-refractivity contribution in [2.45, 2.75) is 322 Å². The van der Waals surface area contributed by atoms with Crippen LogP contribution in [-0.2, 0) is 28.6 Å². The number of carbonyl (C=O) groups is 3. The van der Waals surface area contributed by atoms with E-state index < -0.39 is 6.10 Å². The molecule has 0 bridgehead atoms. The molecule has 0 N–H and O–H groups in total. The molecule has 0 fully saturated rings. The quantitative estimate of drug-likeness (QED) is 0.0261. The molecule has 0 aromatic rings. The number of rotatable bonds is 59. The van der Waals surface area contributed by atoms with E-state index in [9.17, 15) is 14.4 Å². The van der Waals surface area contributed by atoms with Crippen molar-refractivity contribution in [3.63, 3.8) is 0 Å². The molecule has 0 aromatic carbocycles. The first-order valence-corrected chi connectivity index (χ1v) is 32.7. The fourth-order valence-corrected chi connectivity index (χ4v) is 9.08. The van der Waals surface area contributed by atoms with E-state index in [1.54, 1.807) is 0 Å². The molecule has 0 saturated heterocycles. The van der Waals surface area contributed by atoms with Gasteiger partial charge in [-0.3, -0.25) is 14.4 Å². The van der Waals surface area contributed by atoms with Crippen LogP contribution in [0.1, 0.15) is 316 Å². The Hall–Kier alpha value is -3.67. The summed E-state index contributed by atoms with van der Waals surface area (Å²) in [6, 6.07) is 0. The van der Waals surface area contributed by atoms with Crippen molar-refractivity contribution in [2.24, 2.45) is 0 Å². The minimum absolute atomic E-state index is 0.0880. The Morgan fingerprint density at radius 2 is 0.494 bits per heavy atom. The molecule has 0 heterocycles. The highest BCUT2D eigenvalue weighted by molar-refractivity contribution is 5.71. The number of unbranched alkanes of at least 4 members (excludes halogenated alkanes) is 32. The third kappa shape index (κ3) is 63.0. The molecule has 0 aliphatic rings. The van der Waals surface area contributed by atoms with Gasteiger partial charge < -0.3 is 14.2 Å². The van der Waals surface area contributed by atoms with Crippen LogP contribution in [0.2, 0.25) is 0 Å². The number of hydrogen-bond donors (Lipinski definition) is 0. The van der Waals surface area contributed by atoms with Crippen molar-refractivity contribution >= 4 is 17.9 Å². The molecule has 0 rings (SSSR count). The van der Waals surface area contributed by atoms with Crippen LogP contribution in [0.25, 0.3) is 0 Å². The summed E-state index contributed by atoms with van der Waals surface area (Å²) in [4.78, 5) is 38.3. The van der Waals surface area contributed by atoms with Gasteiger partial charge in [0.2, 0.25) is 0 Å². The summed E-state index contributed by atoms with van der Waals surface area (Å²) in [7, 11) is 0. The summed E-state index contributed by atoms with van der Waals surface area (Å²) < 4.78 is 16.9. The molecule has 0 aromatic heterocycles. The van der Waals surface area contributed by atoms with Crippen LogP contribution in [0.5, 0.6) is 0 Å². The summed E-state index contributed by atoms with van der Waals surface area (Å²) in [5.74, 6) is -0.908. The van der Waals surface area contributed by atoms with Crippen LogP contribution in [0, 0.1) is 0 Å². The Morgan fingerprint density at radius 1 is 0.260 bits per heavy atom. The lowest BCUT2D eigenvalue weighted by molar-refractivity contribution is -0.167. The summed E-state index contributed by atoms with van der Waals surface area (Å²) in [5, 5.41) is 0. The topological polar surface area (TPSA) is 78.9 Å². The first-order valence-electron chi connectivity index (χ1n) is 32.7. The van der Waals surface area contributed by atoms with Crippen LogP contribution in [0.4, 0.5) is 0 Å². The standard InChI is InChI=1S/C71H122O6/c1-4-7-10-13-16-19-22-25-27-29-31-32-33-34-35-36-37-38-40-41-43-46-49-52-55-58-61-64-70(73)76-67-68(66-75-69(72)63-60-57-54-51-48-45-24-21-18-15-12-9-6-3)77-71(74)65-62-59-56-53-50-47-44-42-39-30-28-26-23-20-17-14-11-8-5-2/h12,15,17,20-22,24-26,28-29,31,33-34,39,42,68H,4-11,13-14,16,18-19,23,27,30,32,35-38,40-41,43-67H2,1-3H3/b15-12-,20-17-,24-21-,25-22-,28-26-,31-29-,34-33-,42-39-. The van der Waals surface area contributed by atoms with E-state index in [4.69, 9.17) is 14.2 Å². The van der Waals surface area contributed by atoms with Gasteiger partial charge in [-0.25, -0.2) is 0 Å². The van der Waals surface area contributed by atoms with Gasteiger partial charge in [0.05, 0.1) is 0 Å². The number of ether oxygens (including phenoxy) is 3. The van der Waals surface area contributed by atoms with E-state index in [1.807, 2.05) is 0 Å². The van der Waals surface area contributed by atoms with E-state index in [-0.39, 0.29) is 31.1 Å². The lowest BCUT2D eigenvalue weighted by atomic mass is 10.0. The maximum Gasteiger partial charge on any atom is 0.306 e. The fourth-order valence-electron chi connectivity index (χ4n) is 9.08. The Morgan fingerprint density at radius 3 is 0.805 bits per heavy atom. The van der Waals surface area contributed by atoms with Crippen LogP contribution < -0.4 is 0 Å². The highest BCUT2D eigenvalue weighted by atomic mass is 16.6. The summed E-state index contributed by atoms with van der Waals surface area (Å²) in [6.45, 7) is 6.54. The van der Waals surface area contributed by atoms with Crippen LogP contribution >= 0.6 is 0 Å². The second-order valence-electron chi connectivity index (χ2n) is 21.7. The van der Waals surface area contributed by atoms with Crippen molar-refractivity contribution in [1.82, 2.24) is 0 Å². The van der Waals surface area contributed by atoms with Crippen molar-refractivity contribution in [3.05, 3.63) is 97.2 Å². The van der Waals surface area contributed by atoms with Gasteiger partial charge >= 0.3 is 17.9 Å². The molecule has 442 valence electrons. The van der Waals surface area contributed by atoms with E-state index in [2.05, 4.69) is 118 Å². The molecule has 1 atom stereocenters. The van der Waals surface area contributed by atoms with Gasteiger partial charge in [-0.2, -0.15) is 0 Å². The minimum Gasteiger partial charge on any atom is -0.462 e. The zero-order valence-electron chi connectivity index (χ0n) is 50.7. The Labute approximate surface area is 477 Å². The van der Waals surface area contributed by atoms with Gasteiger partial charge in [0.1, 0.15) is 13.2 Å². The van der Waals surface area contributed by atoms with Crippen LogP contribution in [0.15, 0.2) is 97.2 Å². The normalized spacial score (nSPS) is 12.7. The van der Waals surface area contributed by atoms with E-state index in [0.29, 0.717) is 19.3 Å². The van der Waals surface area contributed by atoms with Crippen molar-refractivity contribution in [2.75, 3.05) is 13.2 Å². The molecular weight excluding hydrogens is 949 g/mol. The molecular formula is C71H122O6. The van der Waals surface area contributed by atoms with Crippen LogP contribution in [-0.4, -0.2) is 37.2 Å². The minimum atomic E-state index is -0.793. The first kappa shape index (κ1) is 73.3. The average Bonchev–Trinajstić information content (AvgIpc) is 3.43. The summed E-state index contributed by atoms with van der Waals surface area (Å²) in [6.07, 6.45) is 87.0. The second-order valence-corrected chi connectivity index (χ2v) is 21.7. The van der Waals surface area contributed by atoms with Gasteiger partial charge in [-0.1, -0.05) is 272 Å². The molecule has 0 saturated carbocycles. The van der Waals surface area contributed by atoms with Gasteiger partial charge in [0.15, 0.2) is 6.10 Å². The predicted molar refractivity (Wildman–Crippen MR) is 334 cm³/mol. The highest BCUT2D eigenvalue weighted by Crippen LogP contribution is 2.16. The van der Waals surface area contributed by atoms with Gasteiger partial charge in [0.25, 0.3) is 0 Å². The number of hydrogen-bond acceptors (Lipinski definition) is 6. The molecule has 0 radical (unpaired) electrons. The lowest BCUT2D eigenvalue weighted by Gasteiger charge is -2.18. The third-order valence-electron chi connectivity index (χ3n) is 14.0. The Bertz CT molecular complexity index is 1510. The highest BCUT2D eigenvalue weighted by Gasteiger charge is 2.19. The smallest absolute Gasteiger partial charge is 0.306 e. The first-order chi connectivity index (χ1) is 38.0. The average molecular weight is 1070 g/mol. The van der Waals surface area contributed by atoms with Crippen molar-refractivity contribution < 1.29 is 28.6 Å². The molecule has 0 spiro atoms. The lowest BCUT2D eigenvalue weighted by Crippen LogP contribution is -2.30. The van der Waals surface area contributed by atoms with E-state index in [0.717, 1.165) is 128 Å². The maximum atomic E-state index is 12.9. The number of allylic oxidation sites excluding steroid dienone is 16. The molecule has 0 aliphatic carbocycles. The molecule has 0 aliphatic heterocycles. The second kappa shape index (κ2) is 64.9. The monoisotopic (exact) mass is 1070 g/mol. The van der Waals surface area contributed by atoms with E-state index >= 15 is 0 Å². The molecule has 0 amide bonds.